The number of hydrogen-bond acceptors (Lipinski definition) is 4. The van der Waals surface area contributed by atoms with E-state index >= 15 is 0 Å². The van der Waals surface area contributed by atoms with E-state index in [-0.39, 0.29) is 36.2 Å². The van der Waals surface area contributed by atoms with Crippen LogP contribution in [0.5, 0.6) is 0 Å². The van der Waals surface area contributed by atoms with Gasteiger partial charge >= 0.3 is 39.9 Å². The predicted octanol–water partition coefficient (Wildman–Crippen LogP) is -3.64. The Kier molecular flexibility index (Phi) is 7.78. The van der Waals surface area contributed by atoms with Gasteiger partial charge in [0.05, 0.1) is 6.61 Å². The molecule has 0 unspecified atom stereocenters. The van der Waals surface area contributed by atoms with E-state index in [9.17, 15) is 13.6 Å². The summed E-state index contributed by atoms with van der Waals surface area (Å²) in [4.78, 5) is 0.742. The molecular weight excluding hydrogens is 157 g/mol. The van der Waals surface area contributed by atoms with Crippen molar-refractivity contribution in [1.29, 1.82) is 0 Å². The maximum absolute atomic E-state index is 9.95. The first-order valence-electron chi connectivity index (χ1n) is 1.90. The van der Waals surface area contributed by atoms with Gasteiger partial charge in [-0.1, -0.05) is 0 Å². The van der Waals surface area contributed by atoms with Gasteiger partial charge in [0.25, 0.3) is 0 Å². The van der Waals surface area contributed by atoms with Gasteiger partial charge < -0.3 is 5.21 Å². The van der Waals surface area contributed by atoms with Crippen LogP contribution in [-0.2, 0) is 14.5 Å². The maximum atomic E-state index is 9.95. The van der Waals surface area contributed by atoms with Gasteiger partial charge in [0.15, 0.2) is 0 Å². The predicted molar refractivity (Wildman–Crippen MR) is 27.0 cm³/mol. The first-order chi connectivity index (χ1) is 3.62. The van der Waals surface area contributed by atoms with Crippen molar-refractivity contribution < 1.29 is 42.2 Å². The molecule has 0 aromatic rings. The van der Waals surface area contributed by atoms with Crippen molar-refractivity contribution in [2.75, 3.05) is 6.61 Å². The Morgan fingerprint density at radius 3 is 2.22 bits per heavy atom. The molecule has 0 aliphatic carbocycles. The van der Waals surface area contributed by atoms with Crippen molar-refractivity contribution in [3.05, 3.63) is 5.21 Å². The maximum Gasteiger partial charge on any atom is 1.00 e. The summed E-state index contributed by atoms with van der Waals surface area (Å²) in [5.74, 6) is 0. The Labute approximate surface area is 75.9 Å². The fourth-order valence-corrected chi connectivity index (χ4v) is 0.538. The topological polar surface area (TPSA) is 78.5 Å². The van der Waals surface area contributed by atoms with E-state index in [2.05, 4.69) is 4.18 Å². The zero-order valence-electron chi connectivity index (χ0n) is 5.25. The van der Waals surface area contributed by atoms with Gasteiger partial charge in [-0.15, -0.1) is 0 Å². The van der Waals surface area contributed by atoms with E-state index < -0.39 is 10.3 Å². The molecule has 9 heavy (non-hydrogen) atoms. The molecule has 0 saturated heterocycles. The number of rotatable bonds is 3. The molecule has 0 aliphatic heterocycles. The van der Waals surface area contributed by atoms with Gasteiger partial charge in [-0.05, 0) is 6.92 Å². The minimum Gasteiger partial charge on any atom is -0.773 e. The fourth-order valence-electron chi connectivity index (χ4n) is 0.179. The molecule has 7 heteroatoms. The molecular formula is C2H6NNaO4S. The molecule has 50 valence electrons. The molecule has 0 spiro atoms. The van der Waals surface area contributed by atoms with Crippen LogP contribution in [-0.4, -0.2) is 15.0 Å². The van der Waals surface area contributed by atoms with Crippen LogP contribution in [0.15, 0.2) is 0 Å². The third kappa shape index (κ3) is 6.72. The van der Waals surface area contributed by atoms with Gasteiger partial charge in [-0.25, -0.2) is 0 Å². The van der Waals surface area contributed by atoms with Crippen LogP contribution >= 0.6 is 0 Å². The minimum absolute atomic E-state index is 0. The first kappa shape index (κ1) is 12.5. The Hall–Kier alpha value is 0.830. The number of hydrogen-bond donors (Lipinski definition) is 1. The van der Waals surface area contributed by atoms with Crippen molar-refractivity contribution in [2.45, 2.75) is 6.92 Å². The zero-order valence-corrected chi connectivity index (χ0v) is 8.06. The molecule has 0 radical (unpaired) electrons. The molecule has 0 aromatic heterocycles. The van der Waals surface area contributed by atoms with Crippen LogP contribution in [0, 0.1) is 5.21 Å². The standard InChI is InChI=1S/C2H6NO4S.Na/c1-2-7-8(5,6)3-4;/h3H,2H2,1H3;/q-1;+1. The van der Waals surface area contributed by atoms with Gasteiger partial charge in [0, 0.05) is 0 Å². The molecule has 0 heterocycles. The molecule has 0 aromatic carbocycles. The van der Waals surface area contributed by atoms with Crippen LogP contribution in [0.2, 0.25) is 0 Å². The number of nitrogens with one attached hydrogen (secondary N) is 1. The van der Waals surface area contributed by atoms with Crippen LogP contribution in [0.25, 0.3) is 0 Å². The van der Waals surface area contributed by atoms with Gasteiger partial charge in [-0.3, -0.25) is 9.07 Å². The zero-order chi connectivity index (χ0) is 6.62. The van der Waals surface area contributed by atoms with Crippen molar-refractivity contribution in [3.63, 3.8) is 0 Å². The summed E-state index contributed by atoms with van der Waals surface area (Å²) in [6.07, 6.45) is 0. The molecule has 0 saturated carbocycles. The average molecular weight is 163 g/mol. The third-order valence-corrected chi connectivity index (χ3v) is 1.13. The third-order valence-electron chi connectivity index (χ3n) is 0.375. The van der Waals surface area contributed by atoms with Crippen LogP contribution < -0.4 is 34.4 Å². The van der Waals surface area contributed by atoms with Crippen molar-refractivity contribution in [2.24, 2.45) is 0 Å². The summed E-state index contributed by atoms with van der Waals surface area (Å²) in [6, 6.07) is 0. The largest absolute Gasteiger partial charge is 1.00 e. The smallest absolute Gasteiger partial charge is 0.773 e. The van der Waals surface area contributed by atoms with Gasteiger partial charge in [-0.2, -0.15) is 8.42 Å². The summed E-state index contributed by atoms with van der Waals surface area (Å²) in [7, 11) is -3.98. The second-order valence-corrected chi connectivity index (χ2v) is 2.25. The van der Waals surface area contributed by atoms with Crippen LogP contribution in [0.1, 0.15) is 6.92 Å². The summed E-state index contributed by atoms with van der Waals surface area (Å²) in [5, 5.41) is 9.38. The van der Waals surface area contributed by atoms with Crippen molar-refractivity contribution in [1.82, 2.24) is 4.89 Å². The quantitative estimate of drug-likeness (QED) is 0.344. The Morgan fingerprint density at radius 1 is 1.67 bits per heavy atom. The first-order valence-corrected chi connectivity index (χ1v) is 3.31. The average Bonchev–Trinajstić information content (AvgIpc) is 1.67. The van der Waals surface area contributed by atoms with E-state index in [1.165, 1.54) is 6.92 Å². The summed E-state index contributed by atoms with van der Waals surface area (Å²) in [6.45, 7) is 1.44. The van der Waals surface area contributed by atoms with E-state index in [0.717, 1.165) is 4.89 Å². The van der Waals surface area contributed by atoms with E-state index in [0.29, 0.717) is 0 Å². The second kappa shape index (κ2) is 5.60. The van der Waals surface area contributed by atoms with Crippen molar-refractivity contribution in [3.8, 4) is 0 Å². The molecule has 0 rings (SSSR count). The van der Waals surface area contributed by atoms with Crippen LogP contribution in [0.3, 0.4) is 0 Å². The van der Waals surface area contributed by atoms with Crippen molar-refractivity contribution >= 4 is 10.3 Å². The summed E-state index contributed by atoms with van der Waals surface area (Å²) in [5.41, 5.74) is 0. The molecule has 0 atom stereocenters. The van der Waals surface area contributed by atoms with E-state index in [4.69, 9.17) is 0 Å². The monoisotopic (exact) mass is 163 g/mol. The molecule has 0 amide bonds. The fraction of sp³-hybridized carbons (Fsp3) is 1.00. The van der Waals surface area contributed by atoms with Gasteiger partial charge in [0.1, 0.15) is 0 Å². The normalized spacial score (nSPS) is 10.4. The van der Waals surface area contributed by atoms with Crippen LogP contribution in [0.4, 0.5) is 0 Å². The Bertz CT molecular complexity index is 143. The van der Waals surface area contributed by atoms with E-state index in [1.807, 2.05) is 0 Å². The molecule has 0 aliphatic rings. The Morgan fingerprint density at radius 2 is 2.11 bits per heavy atom. The van der Waals surface area contributed by atoms with Gasteiger partial charge in [0.2, 0.25) is 0 Å². The van der Waals surface area contributed by atoms with E-state index in [1.54, 1.807) is 0 Å². The minimum atomic E-state index is -3.98. The summed E-state index contributed by atoms with van der Waals surface area (Å²) >= 11 is 0. The molecule has 1 N–H and O–H groups in total. The molecule has 0 fully saturated rings. The molecule has 5 nitrogen and oxygen atoms in total. The molecule has 0 bridgehead atoms. The SMILES string of the molecule is CCOS(=O)(=O)N[O-].[Na+]. The second-order valence-electron chi connectivity index (χ2n) is 0.944. The summed E-state index contributed by atoms with van der Waals surface area (Å²) < 4.78 is 23.8. The Balaban J connectivity index is 0.